The van der Waals surface area contributed by atoms with Crippen LogP contribution in [-0.4, -0.2) is 6.29 Å². The summed E-state index contributed by atoms with van der Waals surface area (Å²) in [5, 5.41) is -0.341. The molecule has 0 aromatic heterocycles. The van der Waals surface area contributed by atoms with E-state index in [0.717, 1.165) is 12.1 Å². The van der Waals surface area contributed by atoms with Crippen molar-refractivity contribution in [3.63, 3.8) is 0 Å². The number of benzene rings is 1. The quantitative estimate of drug-likeness (QED) is 0.682. The van der Waals surface area contributed by atoms with Crippen molar-refractivity contribution >= 4 is 17.9 Å². The van der Waals surface area contributed by atoms with E-state index in [9.17, 15) is 18.0 Å². The number of rotatable bonds is 2. The predicted octanol–water partition coefficient (Wildman–Crippen LogP) is 3.23. The number of hydrogen-bond donors (Lipinski definition) is 0. The van der Waals surface area contributed by atoms with Crippen LogP contribution in [0.4, 0.5) is 13.2 Å². The largest absolute Gasteiger partial charge is 0.298 e. The first-order valence-corrected chi connectivity index (χ1v) is 3.67. The average Bonchev–Trinajstić information content (AvgIpc) is 2.09. The number of hydrogen-bond acceptors (Lipinski definition) is 1. The fourth-order valence-corrected chi connectivity index (χ4v) is 1.06. The number of alkyl halides is 2. The molecule has 0 fully saturated rings. The summed E-state index contributed by atoms with van der Waals surface area (Å²) in [6, 6.07) is 1.92. The van der Waals surface area contributed by atoms with Gasteiger partial charge in [-0.15, -0.1) is 0 Å². The third-order valence-corrected chi connectivity index (χ3v) is 1.81. The number of carbonyl (C=O) groups is 1. The molecule has 0 bridgehead atoms. The third kappa shape index (κ3) is 1.83. The predicted molar refractivity (Wildman–Crippen MR) is 41.8 cm³/mol. The Morgan fingerprint density at radius 3 is 2.46 bits per heavy atom. The summed E-state index contributed by atoms with van der Waals surface area (Å²) in [7, 11) is 0. The molecule has 5 heteroatoms. The first kappa shape index (κ1) is 10.1. The van der Waals surface area contributed by atoms with Crippen molar-refractivity contribution in [2.75, 3.05) is 0 Å². The molecule has 1 aromatic rings. The van der Waals surface area contributed by atoms with Crippen LogP contribution in [0.5, 0.6) is 0 Å². The van der Waals surface area contributed by atoms with Gasteiger partial charge in [-0.25, -0.2) is 13.2 Å². The van der Waals surface area contributed by atoms with Crippen LogP contribution in [0, 0.1) is 5.82 Å². The Bertz CT molecular complexity index is 338. The molecule has 0 atom stereocenters. The second-order valence-corrected chi connectivity index (χ2v) is 2.69. The third-order valence-electron chi connectivity index (χ3n) is 1.52. The van der Waals surface area contributed by atoms with Crippen LogP contribution in [0.1, 0.15) is 22.3 Å². The molecule has 1 aromatic carbocycles. The molecule has 0 aliphatic heterocycles. The van der Waals surface area contributed by atoms with Gasteiger partial charge in [-0.2, -0.15) is 0 Å². The minimum Gasteiger partial charge on any atom is -0.298 e. The van der Waals surface area contributed by atoms with Crippen molar-refractivity contribution in [2.45, 2.75) is 6.43 Å². The second-order valence-electron chi connectivity index (χ2n) is 2.28. The van der Waals surface area contributed by atoms with Crippen LogP contribution >= 0.6 is 11.6 Å². The van der Waals surface area contributed by atoms with Gasteiger partial charge < -0.3 is 0 Å². The Balaban J connectivity index is 3.38. The van der Waals surface area contributed by atoms with Gasteiger partial charge in [0.1, 0.15) is 0 Å². The molecule has 1 nitrogen and oxygen atoms in total. The van der Waals surface area contributed by atoms with Crippen molar-refractivity contribution in [1.29, 1.82) is 0 Å². The van der Waals surface area contributed by atoms with E-state index < -0.39 is 23.4 Å². The van der Waals surface area contributed by atoms with E-state index in [0.29, 0.717) is 0 Å². The lowest BCUT2D eigenvalue weighted by Crippen LogP contribution is -1.97. The van der Waals surface area contributed by atoms with Crippen LogP contribution in [0.3, 0.4) is 0 Å². The highest BCUT2D eigenvalue weighted by atomic mass is 35.5. The fourth-order valence-electron chi connectivity index (χ4n) is 0.891. The average molecular weight is 209 g/mol. The van der Waals surface area contributed by atoms with Crippen LogP contribution in [0.2, 0.25) is 5.02 Å². The van der Waals surface area contributed by atoms with Crippen molar-refractivity contribution in [3.8, 4) is 0 Å². The molecule has 0 unspecified atom stereocenters. The number of halogens is 4. The maximum absolute atomic E-state index is 12.9. The molecule has 0 amide bonds. The van der Waals surface area contributed by atoms with Crippen LogP contribution in [0.25, 0.3) is 0 Å². The van der Waals surface area contributed by atoms with Gasteiger partial charge in [-0.05, 0) is 6.07 Å². The van der Waals surface area contributed by atoms with Crippen molar-refractivity contribution < 1.29 is 18.0 Å². The van der Waals surface area contributed by atoms with Crippen LogP contribution in [-0.2, 0) is 0 Å². The van der Waals surface area contributed by atoms with Gasteiger partial charge in [0.2, 0.25) is 0 Å². The normalized spacial score (nSPS) is 10.5. The first-order valence-electron chi connectivity index (χ1n) is 3.29. The molecule has 1 rings (SSSR count). The highest BCUT2D eigenvalue weighted by molar-refractivity contribution is 6.31. The molecule has 0 spiro atoms. The summed E-state index contributed by atoms with van der Waals surface area (Å²) in [6.07, 6.45) is -2.85. The maximum atomic E-state index is 12.9. The zero-order chi connectivity index (χ0) is 10.0. The standard InChI is InChI=1S/C8H4ClF3O/c9-6-2-1-4(8(11)12)5(3-13)7(6)10/h1-3,8H. The van der Waals surface area contributed by atoms with Crippen LogP contribution < -0.4 is 0 Å². The molecule has 0 saturated carbocycles. The summed E-state index contributed by atoms with van der Waals surface area (Å²) in [4.78, 5) is 10.3. The van der Waals surface area contributed by atoms with Gasteiger partial charge in [0, 0.05) is 5.56 Å². The lowest BCUT2D eigenvalue weighted by Gasteiger charge is -2.04. The Morgan fingerprint density at radius 1 is 1.38 bits per heavy atom. The van der Waals surface area contributed by atoms with E-state index in [1.165, 1.54) is 0 Å². The first-order chi connectivity index (χ1) is 6.07. The Kier molecular flexibility index (Phi) is 2.93. The summed E-state index contributed by atoms with van der Waals surface area (Å²) >= 11 is 5.29. The van der Waals surface area contributed by atoms with Crippen molar-refractivity contribution in [1.82, 2.24) is 0 Å². The maximum Gasteiger partial charge on any atom is 0.264 e. The minimum absolute atomic E-state index is 0.0305. The molecule has 0 radical (unpaired) electrons. The monoisotopic (exact) mass is 208 g/mol. The molecule has 0 saturated heterocycles. The minimum atomic E-state index is -2.88. The topological polar surface area (TPSA) is 17.1 Å². The molecule has 13 heavy (non-hydrogen) atoms. The molecular weight excluding hydrogens is 205 g/mol. The van der Waals surface area contributed by atoms with Gasteiger partial charge in [0.05, 0.1) is 10.6 Å². The zero-order valence-electron chi connectivity index (χ0n) is 6.23. The number of carbonyl (C=O) groups excluding carboxylic acids is 1. The van der Waals surface area contributed by atoms with Gasteiger partial charge in [-0.1, -0.05) is 17.7 Å². The second kappa shape index (κ2) is 3.79. The number of aldehydes is 1. The smallest absolute Gasteiger partial charge is 0.264 e. The van der Waals surface area contributed by atoms with E-state index in [4.69, 9.17) is 11.6 Å². The van der Waals surface area contributed by atoms with E-state index in [1.807, 2.05) is 0 Å². The summed E-state index contributed by atoms with van der Waals surface area (Å²) in [6.45, 7) is 0. The highest BCUT2D eigenvalue weighted by Gasteiger charge is 2.17. The molecule has 0 heterocycles. The van der Waals surface area contributed by atoms with Crippen molar-refractivity contribution in [3.05, 3.63) is 34.1 Å². The zero-order valence-corrected chi connectivity index (χ0v) is 6.99. The SMILES string of the molecule is O=Cc1c(C(F)F)ccc(Cl)c1F. The molecule has 70 valence electrons. The van der Waals surface area contributed by atoms with Crippen molar-refractivity contribution in [2.24, 2.45) is 0 Å². The van der Waals surface area contributed by atoms with Gasteiger partial charge in [0.25, 0.3) is 6.43 Å². The molecule has 0 aliphatic carbocycles. The lowest BCUT2D eigenvalue weighted by atomic mass is 10.1. The molecule has 0 N–H and O–H groups in total. The Labute approximate surface area is 77.1 Å². The van der Waals surface area contributed by atoms with Crippen LogP contribution in [0.15, 0.2) is 12.1 Å². The Morgan fingerprint density at radius 2 is 2.00 bits per heavy atom. The van der Waals surface area contributed by atoms with E-state index in [2.05, 4.69) is 0 Å². The molecular formula is C8H4ClF3O. The summed E-state index contributed by atoms with van der Waals surface area (Å²) < 4.78 is 37.2. The lowest BCUT2D eigenvalue weighted by molar-refractivity contribution is 0.110. The highest BCUT2D eigenvalue weighted by Crippen LogP contribution is 2.27. The Hall–Kier alpha value is -1.03. The van der Waals surface area contributed by atoms with E-state index in [1.54, 1.807) is 0 Å². The van der Waals surface area contributed by atoms with Gasteiger partial charge in [-0.3, -0.25) is 4.79 Å². The summed E-state index contributed by atoms with van der Waals surface area (Å²) in [5.74, 6) is -1.10. The summed E-state index contributed by atoms with van der Waals surface area (Å²) in [5.41, 5.74) is -1.32. The van der Waals surface area contributed by atoms with Gasteiger partial charge >= 0.3 is 0 Å². The van der Waals surface area contributed by atoms with Gasteiger partial charge in [0.15, 0.2) is 12.1 Å². The molecule has 0 aliphatic rings. The fraction of sp³-hybridized carbons (Fsp3) is 0.125. The van der Waals surface area contributed by atoms with E-state index >= 15 is 0 Å². The van der Waals surface area contributed by atoms with E-state index in [-0.39, 0.29) is 11.3 Å².